The van der Waals surface area contributed by atoms with Gasteiger partial charge in [-0.2, -0.15) is 0 Å². The fraction of sp³-hybridized carbons (Fsp3) is 0.261. The van der Waals surface area contributed by atoms with Crippen LogP contribution in [0, 0.1) is 5.92 Å². The van der Waals surface area contributed by atoms with Gasteiger partial charge in [0.05, 0.1) is 11.5 Å². The van der Waals surface area contributed by atoms with E-state index in [4.69, 9.17) is 0 Å². The predicted octanol–water partition coefficient (Wildman–Crippen LogP) is 4.62. The summed E-state index contributed by atoms with van der Waals surface area (Å²) in [6.45, 7) is 1.74. The number of hydrogen-bond acceptors (Lipinski definition) is 3. The smallest absolute Gasteiger partial charge is 0.334 e. The first-order valence-corrected chi connectivity index (χ1v) is 9.26. The van der Waals surface area contributed by atoms with E-state index in [0.29, 0.717) is 12.1 Å². The Morgan fingerprint density at radius 1 is 1.00 bits per heavy atom. The van der Waals surface area contributed by atoms with E-state index >= 15 is 0 Å². The zero-order valence-corrected chi connectivity index (χ0v) is 15.2. The number of carbonyl (C=O) groups excluding carboxylic acids is 1. The lowest BCUT2D eigenvalue weighted by molar-refractivity contribution is -0.133. The van der Waals surface area contributed by atoms with Crippen LogP contribution in [0.3, 0.4) is 0 Å². The summed E-state index contributed by atoms with van der Waals surface area (Å²) in [6, 6.07) is 17.7. The van der Waals surface area contributed by atoms with Gasteiger partial charge in [0.15, 0.2) is 0 Å². The van der Waals surface area contributed by atoms with E-state index in [1.54, 1.807) is 6.92 Å². The number of aliphatic carboxylic acids is 1. The summed E-state index contributed by atoms with van der Waals surface area (Å²) in [5.41, 5.74) is 4.45. The zero-order chi connectivity index (χ0) is 19.0. The number of nitrogens with zero attached hydrogens (tertiary/aromatic N) is 1. The summed E-state index contributed by atoms with van der Waals surface area (Å²) in [5, 5.41) is 9.94. The first-order valence-electron chi connectivity index (χ1n) is 9.26. The van der Waals surface area contributed by atoms with Crippen molar-refractivity contribution in [3.8, 4) is 11.1 Å². The molecular weight excluding hydrogens is 338 g/mol. The number of benzene rings is 2. The number of allylic oxidation sites excluding steroid dienone is 1. The van der Waals surface area contributed by atoms with Crippen molar-refractivity contribution in [3.05, 3.63) is 71.4 Å². The van der Waals surface area contributed by atoms with Crippen LogP contribution in [-0.4, -0.2) is 22.6 Å². The van der Waals surface area contributed by atoms with Gasteiger partial charge in [-0.25, -0.2) is 4.79 Å². The maximum atomic E-state index is 12.8. The van der Waals surface area contributed by atoms with Crippen LogP contribution in [-0.2, 0) is 9.59 Å². The van der Waals surface area contributed by atoms with Gasteiger partial charge in [-0.1, -0.05) is 54.6 Å². The van der Waals surface area contributed by atoms with Crippen LogP contribution in [0.5, 0.6) is 0 Å². The highest BCUT2D eigenvalue weighted by atomic mass is 16.4. The summed E-state index contributed by atoms with van der Waals surface area (Å²) in [7, 11) is 0. The number of rotatable bonds is 3. The zero-order valence-electron chi connectivity index (χ0n) is 15.2. The number of hydrogen-bond donors (Lipinski definition) is 1. The minimum absolute atomic E-state index is 0.0964. The lowest BCUT2D eigenvalue weighted by Crippen LogP contribution is -2.38. The van der Waals surface area contributed by atoms with Crippen LogP contribution in [0.25, 0.3) is 11.1 Å². The minimum Gasteiger partial charge on any atom is -0.478 e. The second-order valence-electron chi connectivity index (χ2n) is 7.14. The molecule has 4 nitrogen and oxygen atoms in total. The van der Waals surface area contributed by atoms with E-state index < -0.39 is 17.8 Å². The second-order valence-corrected chi connectivity index (χ2v) is 7.14. The second kappa shape index (κ2) is 6.95. The third-order valence-corrected chi connectivity index (χ3v) is 5.52. The lowest BCUT2D eigenvalue weighted by Gasteiger charge is -2.36. The van der Waals surface area contributed by atoms with Gasteiger partial charge < -0.3 is 5.11 Å². The highest BCUT2D eigenvalue weighted by Crippen LogP contribution is 2.45. The number of carboxylic acids is 1. The summed E-state index contributed by atoms with van der Waals surface area (Å²) < 4.78 is 0. The fourth-order valence-corrected chi connectivity index (χ4v) is 4.38. The average molecular weight is 359 g/mol. The Labute approximate surface area is 158 Å². The van der Waals surface area contributed by atoms with E-state index in [1.165, 1.54) is 0 Å². The molecule has 2 aliphatic rings. The van der Waals surface area contributed by atoms with Crippen molar-refractivity contribution < 1.29 is 14.7 Å². The molecule has 1 aliphatic carbocycles. The van der Waals surface area contributed by atoms with Crippen LogP contribution < -0.4 is 0 Å². The van der Waals surface area contributed by atoms with Crippen molar-refractivity contribution in [1.29, 1.82) is 0 Å². The Hall–Kier alpha value is -3.01. The highest BCUT2D eigenvalue weighted by molar-refractivity contribution is 6.11. The average Bonchev–Trinajstić information content (AvgIpc) is 2.67. The fourth-order valence-electron chi connectivity index (χ4n) is 4.38. The molecule has 0 spiro atoms. The summed E-state index contributed by atoms with van der Waals surface area (Å²) in [4.78, 5) is 29.5. The summed E-state index contributed by atoms with van der Waals surface area (Å²) in [6.07, 6.45) is 2.03. The molecule has 27 heavy (non-hydrogen) atoms. The molecule has 0 aromatic heterocycles. The minimum atomic E-state index is -0.999. The van der Waals surface area contributed by atoms with Gasteiger partial charge in [-0.3, -0.25) is 9.79 Å². The molecule has 4 rings (SSSR count). The molecule has 1 saturated carbocycles. The third-order valence-electron chi connectivity index (χ3n) is 5.52. The standard InChI is InChI=1S/C23H21NO3/c1-14-20(23(26)27)21(22-18(24-14)12-7-13-19(22)25)17-11-6-5-10-16(17)15-8-3-2-4-9-15/h2-6,8-11,21-22H,7,12-13H2,1H3,(H,26,27). The molecule has 2 atom stereocenters. The predicted molar refractivity (Wildman–Crippen MR) is 105 cm³/mol. The molecule has 136 valence electrons. The van der Waals surface area contributed by atoms with Crippen LogP contribution in [0.15, 0.2) is 70.9 Å². The van der Waals surface area contributed by atoms with E-state index in [2.05, 4.69) is 4.99 Å². The Morgan fingerprint density at radius 3 is 2.44 bits per heavy atom. The molecule has 1 N–H and O–H groups in total. The first kappa shape index (κ1) is 17.4. The Kier molecular flexibility index (Phi) is 4.48. The Balaban J connectivity index is 1.95. The van der Waals surface area contributed by atoms with Gasteiger partial charge >= 0.3 is 5.97 Å². The molecule has 0 amide bonds. The van der Waals surface area contributed by atoms with Gasteiger partial charge in [-0.15, -0.1) is 0 Å². The van der Waals surface area contributed by atoms with E-state index in [9.17, 15) is 14.7 Å². The Morgan fingerprint density at radius 2 is 1.70 bits per heavy atom. The van der Waals surface area contributed by atoms with E-state index in [1.807, 2.05) is 54.6 Å². The Bertz CT molecular complexity index is 972. The van der Waals surface area contributed by atoms with Crippen LogP contribution in [0.4, 0.5) is 0 Å². The van der Waals surface area contributed by atoms with Crippen molar-refractivity contribution >= 4 is 17.5 Å². The van der Waals surface area contributed by atoms with Crippen molar-refractivity contribution in [2.75, 3.05) is 0 Å². The lowest BCUT2D eigenvalue weighted by atomic mass is 9.68. The summed E-state index contributed by atoms with van der Waals surface area (Å²) in [5.74, 6) is -1.88. The molecule has 0 radical (unpaired) electrons. The van der Waals surface area contributed by atoms with Gasteiger partial charge in [0.25, 0.3) is 0 Å². The largest absolute Gasteiger partial charge is 0.478 e. The van der Waals surface area contributed by atoms with Crippen LogP contribution >= 0.6 is 0 Å². The maximum absolute atomic E-state index is 12.8. The molecule has 1 aliphatic heterocycles. The molecule has 2 aromatic rings. The third kappa shape index (κ3) is 3.01. The number of carboxylic acid groups (broad SMARTS) is 1. The van der Waals surface area contributed by atoms with E-state index in [-0.39, 0.29) is 11.4 Å². The van der Waals surface area contributed by atoms with Gasteiger partial charge in [0.1, 0.15) is 5.78 Å². The molecular formula is C23H21NO3. The molecule has 1 heterocycles. The molecule has 2 aromatic carbocycles. The monoisotopic (exact) mass is 359 g/mol. The van der Waals surface area contributed by atoms with Crippen molar-refractivity contribution in [2.24, 2.45) is 10.9 Å². The number of carbonyl (C=O) groups is 2. The topological polar surface area (TPSA) is 66.7 Å². The van der Waals surface area contributed by atoms with Crippen LogP contribution in [0.1, 0.15) is 37.7 Å². The van der Waals surface area contributed by atoms with Crippen molar-refractivity contribution in [3.63, 3.8) is 0 Å². The van der Waals surface area contributed by atoms with E-state index in [0.717, 1.165) is 35.2 Å². The molecule has 1 fully saturated rings. The van der Waals surface area contributed by atoms with Gasteiger partial charge in [-0.05, 0) is 36.5 Å². The molecule has 0 bridgehead atoms. The van der Waals surface area contributed by atoms with Gasteiger partial charge in [0, 0.05) is 23.7 Å². The van der Waals surface area contributed by atoms with Crippen molar-refractivity contribution in [2.45, 2.75) is 32.1 Å². The normalized spacial score (nSPS) is 22.3. The summed E-state index contributed by atoms with van der Waals surface area (Å²) >= 11 is 0. The molecule has 0 saturated heterocycles. The number of Topliss-reactive ketones (excluding diaryl/α,β-unsaturated/α-hetero) is 1. The SMILES string of the molecule is CC1=C(C(=O)O)C(c2ccccc2-c2ccccc2)C2C(=O)CCCC2=N1. The molecule has 2 unspecified atom stereocenters. The number of fused-ring (bicyclic) bond motifs is 1. The van der Waals surface area contributed by atoms with Gasteiger partial charge in [0.2, 0.25) is 0 Å². The molecule has 4 heteroatoms. The number of ketones is 1. The highest BCUT2D eigenvalue weighted by Gasteiger charge is 2.43. The number of aliphatic imine (C=N–C) groups is 1. The van der Waals surface area contributed by atoms with Crippen molar-refractivity contribution in [1.82, 2.24) is 0 Å². The quantitative estimate of drug-likeness (QED) is 0.869. The van der Waals surface area contributed by atoms with Crippen LogP contribution in [0.2, 0.25) is 0 Å². The maximum Gasteiger partial charge on any atom is 0.334 e. The first-order chi connectivity index (χ1) is 13.1.